The van der Waals surface area contributed by atoms with Crippen LogP contribution in [0.4, 0.5) is 4.79 Å². The molecular weight excluding hydrogens is 328 g/mol. The minimum absolute atomic E-state index is 0.126. The summed E-state index contributed by atoms with van der Waals surface area (Å²) >= 11 is 0. The molecule has 0 atom stereocenters. The van der Waals surface area contributed by atoms with Crippen LogP contribution in [0.5, 0.6) is 0 Å². The summed E-state index contributed by atoms with van der Waals surface area (Å²) in [6, 6.07) is 10.0. The van der Waals surface area contributed by atoms with E-state index < -0.39 is 0 Å². The van der Waals surface area contributed by atoms with E-state index in [4.69, 9.17) is 9.84 Å². The van der Waals surface area contributed by atoms with Gasteiger partial charge in [-0.1, -0.05) is 37.3 Å². The molecule has 0 spiro atoms. The minimum atomic E-state index is -0.126. The fraction of sp³-hybridized carbons (Fsp3) is 0.500. The monoisotopic (exact) mass is 356 g/mol. The zero-order valence-electron chi connectivity index (χ0n) is 15.5. The van der Waals surface area contributed by atoms with Crippen LogP contribution in [0.3, 0.4) is 0 Å². The van der Waals surface area contributed by atoms with Gasteiger partial charge in [0.1, 0.15) is 0 Å². The zero-order valence-corrected chi connectivity index (χ0v) is 15.5. The van der Waals surface area contributed by atoms with Crippen molar-refractivity contribution in [3.05, 3.63) is 52.8 Å². The number of aromatic nitrogens is 2. The van der Waals surface area contributed by atoms with E-state index in [0.717, 1.165) is 44.5 Å². The second kappa shape index (κ2) is 9.38. The van der Waals surface area contributed by atoms with Crippen molar-refractivity contribution in [2.24, 2.45) is 0 Å². The van der Waals surface area contributed by atoms with E-state index in [1.807, 2.05) is 18.2 Å². The number of hydrogen-bond acceptors (Lipinski definition) is 3. The number of carbonyl (C=O) groups excluding carboxylic acids is 1. The van der Waals surface area contributed by atoms with Gasteiger partial charge < -0.3 is 15.4 Å². The van der Waals surface area contributed by atoms with Crippen LogP contribution in [-0.2, 0) is 37.2 Å². The van der Waals surface area contributed by atoms with Gasteiger partial charge in [-0.15, -0.1) is 0 Å². The first-order chi connectivity index (χ1) is 12.8. The second-order valence-corrected chi connectivity index (χ2v) is 6.57. The Balaban J connectivity index is 1.43. The van der Waals surface area contributed by atoms with Crippen LogP contribution in [0, 0.1) is 0 Å². The van der Waals surface area contributed by atoms with Crippen molar-refractivity contribution in [1.29, 1.82) is 0 Å². The Morgan fingerprint density at radius 3 is 2.73 bits per heavy atom. The summed E-state index contributed by atoms with van der Waals surface area (Å²) < 4.78 is 7.72. The fourth-order valence-electron chi connectivity index (χ4n) is 3.30. The van der Waals surface area contributed by atoms with E-state index in [9.17, 15) is 4.79 Å². The van der Waals surface area contributed by atoms with Crippen LogP contribution in [0.15, 0.2) is 30.3 Å². The fourth-order valence-corrected chi connectivity index (χ4v) is 3.30. The molecule has 0 saturated carbocycles. The van der Waals surface area contributed by atoms with Crippen LogP contribution < -0.4 is 10.6 Å². The SMILES string of the molecule is CCCn1nc(CCNC(=O)NCCc2ccccc2)c2c1CCOC2. The van der Waals surface area contributed by atoms with Crippen molar-refractivity contribution >= 4 is 6.03 Å². The molecule has 0 radical (unpaired) electrons. The Labute approximate surface area is 154 Å². The number of ether oxygens (including phenoxy) is 1. The van der Waals surface area contributed by atoms with Crippen LogP contribution >= 0.6 is 0 Å². The smallest absolute Gasteiger partial charge is 0.314 e. The Kier molecular flexibility index (Phi) is 6.66. The molecule has 2 N–H and O–H groups in total. The lowest BCUT2D eigenvalue weighted by Crippen LogP contribution is -2.37. The lowest BCUT2D eigenvalue weighted by molar-refractivity contribution is 0.108. The number of benzene rings is 1. The first kappa shape index (κ1) is 18.5. The second-order valence-electron chi connectivity index (χ2n) is 6.57. The lowest BCUT2D eigenvalue weighted by atomic mass is 10.1. The summed E-state index contributed by atoms with van der Waals surface area (Å²) in [5.41, 5.74) is 4.80. The van der Waals surface area contributed by atoms with Crippen molar-refractivity contribution in [1.82, 2.24) is 20.4 Å². The number of nitrogens with one attached hydrogen (secondary N) is 2. The van der Waals surface area contributed by atoms with E-state index in [1.165, 1.54) is 16.8 Å². The van der Waals surface area contributed by atoms with E-state index in [-0.39, 0.29) is 6.03 Å². The molecule has 6 nitrogen and oxygen atoms in total. The molecule has 2 amide bonds. The topological polar surface area (TPSA) is 68.2 Å². The third kappa shape index (κ3) is 4.85. The highest BCUT2D eigenvalue weighted by atomic mass is 16.5. The van der Waals surface area contributed by atoms with Gasteiger partial charge in [0.2, 0.25) is 0 Å². The number of hydrogen-bond donors (Lipinski definition) is 2. The number of urea groups is 1. The molecule has 0 fully saturated rings. The van der Waals surface area contributed by atoms with Gasteiger partial charge in [0, 0.05) is 43.7 Å². The molecule has 2 heterocycles. The molecule has 0 aliphatic carbocycles. The first-order valence-corrected chi connectivity index (χ1v) is 9.48. The number of carbonyl (C=O) groups is 1. The Bertz CT molecular complexity index is 712. The molecule has 1 aliphatic heterocycles. The standard InChI is InChI=1S/C20H28N4O2/c1-2-13-24-19-10-14-26-15-17(19)18(23-24)9-12-22-20(25)21-11-8-16-6-4-3-5-7-16/h3-7H,2,8-15H2,1H3,(H2,21,22,25). The molecule has 1 aromatic heterocycles. The number of nitrogens with zero attached hydrogens (tertiary/aromatic N) is 2. The van der Waals surface area contributed by atoms with Gasteiger partial charge in [0.15, 0.2) is 0 Å². The van der Waals surface area contributed by atoms with Gasteiger partial charge in [-0.2, -0.15) is 5.10 Å². The number of amides is 2. The number of rotatable bonds is 8. The molecule has 0 unspecified atom stereocenters. The first-order valence-electron chi connectivity index (χ1n) is 9.48. The van der Waals surface area contributed by atoms with Gasteiger partial charge in [-0.3, -0.25) is 4.68 Å². The molecular formula is C20H28N4O2. The van der Waals surface area contributed by atoms with E-state index in [2.05, 4.69) is 34.4 Å². The summed E-state index contributed by atoms with van der Waals surface area (Å²) in [6.07, 6.45) is 3.56. The highest BCUT2D eigenvalue weighted by molar-refractivity contribution is 5.73. The molecule has 6 heteroatoms. The summed E-state index contributed by atoms with van der Waals surface area (Å²) in [7, 11) is 0. The van der Waals surface area contributed by atoms with Crippen LogP contribution in [0.25, 0.3) is 0 Å². The van der Waals surface area contributed by atoms with Gasteiger partial charge in [0.25, 0.3) is 0 Å². The highest BCUT2D eigenvalue weighted by Gasteiger charge is 2.20. The Morgan fingerprint density at radius 1 is 1.19 bits per heavy atom. The van der Waals surface area contributed by atoms with Crippen LogP contribution in [-0.4, -0.2) is 35.5 Å². The molecule has 1 aliphatic rings. The van der Waals surface area contributed by atoms with Crippen molar-refractivity contribution < 1.29 is 9.53 Å². The normalized spacial score (nSPS) is 13.3. The maximum absolute atomic E-state index is 11.9. The Morgan fingerprint density at radius 2 is 1.96 bits per heavy atom. The molecule has 3 rings (SSSR count). The molecule has 0 saturated heterocycles. The van der Waals surface area contributed by atoms with E-state index in [0.29, 0.717) is 19.7 Å². The average molecular weight is 356 g/mol. The minimum Gasteiger partial charge on any atom is -0.376 e. The maximum atomic E-state index is 11.9. The maximum Gasteiger partial charge on any atom is 0.314 e. The van der Waals surface area contributed by atoms with Crippen molar-refractivity contribution in [2.75, 3.05) is 19.7 Å². The lowest BCUT2D eigenvalue weighted by Gasteiger charge is -2.15. The van der Waals surface area contributed by atoms with Crippen molar-refractivity contribution in [3.63, 3.8) is 0 Å². The van der Waals surface area contributed by atoms with Gasteiger partial charge in [0.05, 0.1) is 18.9 Å². The molecule has 1 aromatic carbocycles. The highest BCUT2D eigenvalue weighted by Crippen LogP contribution is 2.21. The summed E-state index contributed by atoms with van der Waals surface area (Å²) in [4.78, 5) is 11.9. The van der Waals surface area contributed by atoms with Crippen molar-refractivity contribution in [2.45, 2.75) is 45.8 Å². The van der Waals surface area contributed by atoms with Gasteiger partial charge in [-0.25, -0.2) is 4.79 Å². The quantitative estimate of drug-likeness (QED) is 0.763. The Hall–Kier alpha value is -2.34. The third-order valence-corrected chi connectivity index (χ3v) is 4.60. The van der Waals surface area contributed by atoms with E-state index >= 15 is 0 Å². The predicted octanol–water partition coefficient (Wildman–Crippen LogP) is 2.45. The largest absolute Gasteiger partial charge is 0.376 e. The van der Waals surface area contributed by atoms with E-state index in [1.54, 1.807) is 0 Å². The van der Waals surface area contributed by atoms with Gasteiger partial charge in [-0.05, 0) is 18.4 Å². The van der Waals surface area contributed by atoms with Gasteiger partial charge >= 0.3 is 6.03 Å². The summed E-state index contributed by atoms with van der Waals surface area (Å²) in [6.45, 7) is 5.71. The van der Waals surface area contributed by atoms with Crippen molar-refractivity contribution in [3.8, 4) is 0 Å². The molecule has 2 aromatic rings. The molecule has 26 heavy (non-hydrogen) atoms. The summed E-state index contributed by atoms with van der Waals surface area (Å²) in [5, 5.41) is 10.6. The third-order valence-electron chi connectivity index (χ3n) is 4.60. The molecule has 0 bridgehead atoms. The number of fused-ring (bicyclic) bond motifs is 1. The van der Waals surface area contributed by atoms with Crippen LogP contribution in [0.1, 0.15) is 35.9 Å². The molecule has 140 valence electrons. The summed E-state index contributed by atoms with van der Waals surface area (Å²) in [5.74, 6) is 0. The van der Waals surface area contributed by atoms with Crippen LogP contribution in [0.2, 0.25) is 0 Å². The predicted molar refractivity (Wildman–Crippen MR) is 101 cm³/mol. The zero-order chi connectivity index (χ0) is 18.2. The number of aryl methyl sites for hydroxylation is 1. The average Bonchev–Trinajstić information content (AvgIpc) is 3.01.